The molecule has 3 aliphatic rings. The summed E-state index contributed by atoms with van der Waals surface area (Å²) in [6.07, 6.45) is -1.35. The summed E-state index contributed by atoms with van der Waals surface area (Å²) in [7, 11) is 0. The van der Waals surface area contributed by atoms with E-state index in [1.807, 2.05) is 0 Å². The molecular weight excluding hydrogens is 502 g/mol. The minimum absolute atomic E-state index is 0.151. The van der Waals surface area contributed by atoms with Crippen molar-refractivity contribution >= 4 is 22.8 Å². The number of halogens is 6. The number of aromatic nitrogens is 2. The first-order valence-corrected chi connectivity index (χ1v) is 11.7. The Kier molecular flexibility index (Phi) is 5.95. The second kappa shape index (κ2) is 8.77. The van der Waals surface area contributed by atoms with Gasteiger partial charge in [-0.1, -0.05) is 0 Å². The van der Waals surface area contributed by atoms with E-state index in [9.17, 15) is 35.9 Å². The van der Waals surface area contributed by atoms with Crippen LogP contribution >= 0.6 is 0 Å². The lowest BCUT2D eigenvalue weighted by molar-refractivity contribution is -0.115. The van der Waals surface area contributed by atoms with Gasteiger partial charge in [-0.05, 0) is 62.8 Å². The molecule has 196 valence electrons. The highest BCUT2D eigenvalue weighted by molar-refractivity contribution is 5.97. The minimum Gasteiger partial charge on any atom is -0.361 e. The van der Waals surface area contributed by atoms with Crippen LogP contribution in [0, 0.1) is 11.6 Å². The van der Waals surface area contributed by atoms with Gasteiger partial charge in [-0.15, -0.1) is 0 Å². The number of nitrogens with zero attached hydrogens (tertiary/aromatic N) is 2. The summed E-state index contributed by atoms with van der Waals surface area (Å²) in [5, 5.41) is 4.82. The highest BCUT2D eigenvalue weighted by Crippen LogP contribution is 2.49. The van der Waals surface area contributed by atoms with E-state index in [0.717, 1.165) is 29.0 Å². The molecule has 1 aromatic carbocycles. The number of nitrogens with one attached hydrogen (secondary N) is 2. The SMILES string of the molecule is O=C(NC12CCC(F)(CC1)CC2)c1cn(-c2ccc(F)cc2F)c2nc(NCC(F)(F)F)ccc2c1=O. The minimum atomic E-state index is -4.54. The third-order valence-corrected chi connectivity index (χ3v) is 7.27. The van der Waals surface area contributed by atoms with Gasteiger partial charge in [-0.3, -0.25) is 14.2 Å². The Morgan fingerprint density at radius 1 is 1.03 bits per heavy atom. The van der Waals surface area contributed by atoms with Gasteiger partial charge in [0.05, 0.1) is 11.1 Å². The number of benzene rings is 1. The first kappa shape index (κ1) is 25.1. The molecule has 12 heteroatoms. The highest BCUT2D eigenvalue weighted by atomic mass is 19.4. The van der Waals surface area contributed by atoms with Crippen LogP contribution in [0.25, 0.3) is 16.7 Å². The summed E-state index contributed by atoms with van der Waals surface area (Å²) in [6.45, 7) is -1.40. The molecule has 0 aliphatic heterocycles. The molecule has 0 spiro atoms. The molecule has 0 radical (unpaired) electrons. The maximum absolute atomic E-state index is 14.8. The lowest BCUT2D eigenvalue weighted by Gasteiger charge is -2.49. The molecule has 1 amide bonds. The molecule has 2 N–H and O–H groups in total. The molecular formula is C25H22F6N4O2. The van der Waals surface area contributed by atoms with Gasteiger partial charge in [0.2, 0.25) is 5.43 Å². The van der Waals surface area contributed by atoms with Gasteiger partial charge in [0.1, 0.15) is 35.2 Å². The van der Waals surface area contributed by atoms with Crippen molar-refractivity contribution in [2.24, 2.45) is 0 Å². The van der Waals surface area contributed by atoms with Crippen LogP contribution in [0.1, 0.15) is 48.9 Å². The second-order valence-electron chi connectivity index (χ2n) is 9.76. The number of carbonyl (C=O) groups excluding carboxylic acids is 1. The van der Waals surface area contributed by atoms with Crippen molar-refractivity contribution in [3.05, 3.63) is 63.9 Å². The molecule has 3 fully saturated rings. The van der Waals surface area contributed by atoms with Crippen molar-refractivity contribution in [2.75, 3.05) is 11.9 Å². The summed E-state index contributed by atoms with van der Waals surface area (Å²) < 4.78 is 82.0. The smallest absolute Gasteiger partial charge is 0.361 e. The van der Waals surface area contributed by atoms with E-state index in [0.29, 0.717) is 44.6 Å². The average Bonchev–Trinajstić information content (AvgIpc) is 2.84. The molecule has 0 unspecified atom stereocenters. The number of fused-ring (bicyclic) bond motifs is 4. The lowest BCUT2D eigenvalue weighted by Crippen LogP contribution is -2.58. The Morgan fingerprint density at radius 3 is 2.32 bits per heavy atom. The van der Waals surface area contributed by atoms with Crippen LogP contribution in [-0.2, 0) is 0 Å². The standard InChI is InChI=1S/C25H22F6N4O2/c26-14-1-3-18(17(27)11-14)35-12-16(22(37)34-24-8-5-23(28,6-9-24)7-10-24)20(36)15-2-4-19(33-21(15)35)32-13-25(29,30)31/h1-4,11-12H,5-10,13H2,(H,32,33)(H,34,37). The predicted octanol–water partition coefficient (Wildman–Crippen LogP) is 5.18. The van der Waals surface area contributed by atoms with Crippen molar-refractivity contribution < 1.29 is 31.1 Å². The Labute approximate surface area is 206 Å². The number of amides is 1. The van der Waals surface area contributed by atoms with E-state index >= 15 is 0 Å². The monoisotopic (exact) mass is 524 g/mol. The number of hydrogen-bond acceptors (Lipinski definition) is 4. The Hall–Kier alpha value is -3.57. The van der Waals surface area contributed by atoms with Gasteiger partial charge in [0.15, 0.2) is 5.65 Å². The van der Waals surface area contributed by atoms with Gasteiger partial charge in [0.25, 0.3) is 5.91 Å². The average molecular weight is 524 g/mol. The van der Waals surface area contributed by atoms with Crippen LogP contribution < -0.4 is 16.1 Å². The van der Waals surface area contributed by atoms with Crippen molar-refractivity contribution in [1.29, 1.82) is 0 Å². The number of carbonyl (C=O) groups is 1. The van der Waals surface area contributed by atoms with Crippen LogP contribution in [0.3, 0.4) is 0 Å². The molecule has 3 saturated carbocycles. The molecule has 3 aromatic rings. The Bertz CT molecular complexity index is 1430. The van der Waals surface area contributed by atoms with Gasteiger partial charge in [-0.2, -0.15) is 13.2 Å². The molecule has 2 heterocycles. The molecule has 0 atom stereocenters. The predicted molar refractivity (Wildman–Crippen MR) is 124 cm³/mol. The van der Waals surface area contributed by atoms with Gasteiger partial charge >= 0.3 is 6.18 Å². The molecule has 6 nitrogen and oxygen atoms in total. The maximum Gasteiger partial charge on any atom is 0.405 e. The van der Waals surface area contributed by atoms with Crippen molar-refractivity contribution in [2.45, 2.75) is 55.9 Å². The number of rotatable bonds is 5. The van der Waals surface area contributed by atoms with E-state index in [-0.39, 0.29) is 28.1 Å². The third kappa shape index (κ3) is 4.88. The fraction of sp³-hybridized carbons (Fsp3) is 0.400. The summed E-state index contributed by atoms with van der Waals surface area (Å²) in [6, 6.07) is 4.95. The lowest BCUT2D eigenvalue weighted by atomic mass is 9.64. The number of hydrogen-bond donors (Lipinski definition) is 2. The van der Waals surface area contributed by atoms with E-state index < -0.39 is 46.9 Å². The number of alkyl halides is 4. The van der Waals surface area contributed by atoms with Crippen LogP contribution in [-0.4, -0.2) is 39.4 Å². The molecule has 37 heavy (non-hydrogen) atoms. The Morgan fingerprint density at radius 2 is 1.70 bits per heavy atom. The van der Waals surface area contributed by atoms with Crippen molar-refractivity contribution in [1.82, 2.24) is 14.9 Å². The number of anilines is 1. The van der Waals surface area contributed by atoms with Crippen LogP contribution in [0.2, 0.25) is 0 Å². The topological polar surface area (TPSA) is 76.0 Å². The van der Waals surface area contributed by atoms with Crippen LogP contribution in [0.5, 0.6) is 0 Å². The normalized spacial score (nSPS) is 23.3. The van der Waals surface area contributed by atoms with E-state index in [2.05, 4.69) is 15.6 Å². The fourth-order valence-corrected chi connectivity index (χ4v) is 5.15. The third-order valence-electron chi connectivity index (χ3n) is 7.27. The summed E-state index contributed by atoms with van der Waals surface area (Å²) >= 11 is 0. The maximum atomic E-state index is 14.8. The van der Waals surface area contributed by atoms with E-state index in [1.165, 1.54) is 6.07 Å². The van der Waals surface area contributed by atoms with E-state index in [4.69, 9.17) is 0 Å². The number of pyridine rings is 2. The quantitative estimate of drug-likeness (QED) is 0.451. The summed E-state index contributed by atoms with van der Waals surface area (Å²) in [5.74, 6) is -2.89. The summed E-state index contributed by atoms with van der Waals surface area (Å²) in [4.78, 5) is 30.7. The Balaban J connectivity index is 1.60. The van der Waals surface area contributed by atoms with E-state index in [1.54, 1.807) is 0 Å². The zero-order valence-corrected chi connectivity index (χ0v) is 19.4. The van der Waals surface area contributed by atoms with Gasteiger partial charge in [0, 0.05) is 17.8 Å². The molecule has 0 saturated heterocycles. The van der Waals surface area contributed by atoms with Crippen molar-refractivity contribution in [3.63, 3.8) is 0 Å². The zero-order chi connectivity index (χ0) is 26.6. The molecule has 3 aliphatic carbocycles. The summed E-state index contributed by atoms with van der Waals surface area (Å²) in [5.41, 5.74) is -3.50. The zero-order valence-electron chi connectivity index (χ0n) is 19.4. The highest BCUT2D eigenvalue weighted by Gasteiger charge is 2.49. The molecule has 6 rings (SSSR count). The second-order valence-corrected chi connectivity index (χ2v) is 9.76. The first-order chi connectivity index (χ1) is 17.4. The fourth-order valence-electron chi connectivity index (χ4n) is 5.15. The van der Waals surface area contributed by atoms with Crippen LogP contribution in [0.15, 0.2) is 41.3 Å². The van der Waals surface area contributed by atoms with Crippen LogP contribution in [0.4, 0.5) is 32.2 Å². The largest absolute Gasteiger partial charge is 0.405 e. The molecule has 2 aromatic heterocycles. The molecule has 2 bridgehead atoms. The van der Waals surface area contributed by atoms with Gasteiger partial charge in [-0.25, -0.2) is 18.2 Å². The van der Waals surface area contributed by atoms with Crippen molar-refractivity contribution in [3.8, 4) is 5.69 Å². The first-order valence-electron chi connectivity index (χ1n) is 11.7. The van der Waals surface area contributed by atoms with Gasteiger partial charge < -0.3 is 10.6 Å².